The molecule has 8 atom stereocenters. The van der Waals surface area contributed by atoms with Crippen molar-refractivity contribution in [2.45, 2.75) is 71.5 Å². The van der Waals surface area contributed by atoms with Gasteiger partial charge in [-0.15, -0.1) is 0 Å². The van der Waals surface area contributed by atoms with Gasteiger partial charge in [-0.25, -0.2) is 0 Å². The van der Waals surface area contributed by atoms with Gasteiger partial charge in [0.1, 0.15) is 0 Å². The molecule has 3 nitrogen and oxygen atoms in total. The number of hydrogen-bond acceptors (Lipinski definition) is 3. The van der Waals surface area contributed by atoms with Gasteiger partial charge in [-0.3, -0.25) is 4.79 Å². The van der Waals surface area contributed by atoms with Crippen molar-refractivity contribution in [2.75, 3.05) is 0 Å². The first kappa shape index (κ1) is 15.8. The Hall–Kier alpha value is -0.670. The molecule has 2 N–H and O–H groups in total. The van der Waals surface area contributed by atoms with Crippen molar-refractivity contribution in [3.63, 3.8) is 0 Å². The lowest BCUT2D eigenvalue weighted by atomic mass is 9.44. The fourth-order valence-electron chi connectivity index (χ4n) is 6.97. The molecule has 0 heterocycles. The van der Waals surface area contributed by atoms with Crippen LogP contribution in [0.25, 0.3) is 0 Å². The van der Waals surface area contributed by atoms with Crippen LogP contribution in [-0.4, -0.2) is 28.2 Å². The normalized spacial score (nSPS) is 55.7. The third-order valence-electron chi connectivity index (χ3n) is 8.55. The van der Waals surface area contributed by atoms with Crippen LogP contribution in [0.2, 0.25) is 0 Å². The molecule has 0 radical (unpaired) electrons. The second-order valence-electron chi connectivity index (χ2n) is 9.13. The largest absolute Gasteiger partial charge is 0.393 e. The summed E-state index contributed by atoms with van der Waals surface area (Å²) in [7, 11) is 0. The predicted molar refractivity (Wildman–Crippen MR) is 88.7 cm³/mol. The standard InChI is InChI=1S/C20H30O3/c1-11-18(23)17-14(15-6-7-16(22)20(11,15)3)5-4-12-10-13(21)8-9-19(12,17)2/h10-11,14-18,22-23H,4-9H2,1-3H3/t11-,14-,15-,16+,17+,18-,19-,20-/m0/s1. The lowest BCUT2D eigenvalue weighted by Gasteiger charge is -2.61. The minimum absolute atomic E-state index is 0.0284. The van der Waals surface area contributed by atoms with E-state index in [9.17, 15) is 15.0 Å². The quantitative estimate of drug-likeness (QED) is 0.721. The molecule has 3 fully saturated rings. The first-order chi connectivity index (χ1) is 10.8. The Bertz CT molecular complexity index is 567. The predicted octanol–water partition coefficient (Wildman–Crippen LogP) is 3.10. The maximum Gasteiger partial charge on any atom is 0.155 e. The topological polar surface area (TPSA) is 57.5 Å². The maximum absolute atomic E-state index is 11.9. The molecule has 0 amide bonds. The van der Waals surface area contributed by atoms with E-state index in [1.807, 2.05) is 6.08 Å². The maximum atomic E-state index is 11.9. The molecule has 0 bridgehead atoms. The van der Waals surface area contributed by atoms with E-state index < -0.39 is 0 Å². The summed E-state index contributed by atoms with van der Waals surface area (Å²) in [6.07, 6.45) is 6.75. The van der Waals surface area contributed by atoms with E-state index >= 15 is 0 Å². The third kappa shape index (κ3) is 1.87. The smallest absolute Gasteiger partial charge is 0.155 e. The second kappa shape index (κ2) is 4.92. The molecule has 0 spiro atoms. The van der Waals surface area contributed by atoms with Crippen LogP contribution in [0.4, 0.5) is 0 Å². The molecule has 4 aliphatic rings. The Labute approximate surface area is 139 Å². The second-order valence-corrected chi connectivity index (χ2v) is 9.13. The van der Waals surface area contributed by atoms with E-state index in [0.717, 1.165) is 32.1 Å². The van der Waals surface area contributed by atoms with Crippen molar-refractivity contribution in [2.24, 2.45) is 34.5 Å². The molecule has 128 valence electrons. The number of aliphatic hydroxyl groups is 2. The van der Waals surface area contributed by atoms with E-state index in [1.165, 1.54) is 5.57 Å². The zero-order valence-electron chi connectivity index (χ0n) is 14.6. The summed E-state index contributed by atoms with van der Waals surface area (Å²) >= 11 is 0. The van der Waals surface area contributed by atoms with Gasteiger partial charge in [0.2, 0.25) is 0 Å². The highest BCUT2D eigenvalue weighted by atomic mass is 16.3. The number of aliphatic hydroxyl groups excluding tert-OH is 2. The molecule has 4 aliphatic carbocycles. The highest BCUT2D eigenvalue weighted by molar-refractivity contribution is 5.91. The number of carbonyl (C=O) groups is 1. The molecular weight excluding hydrogens is 288 g/mol. The summed E-state index contributed by atoms with van der Waals surface area (Å²) in [5.41, 5.74) is 1.10. The summed E-state index contributed by atoms with van der Waals surface area (Å²) in [5, 5.41) is 21.9. The van der Waals surface area contributed by atoms with E-state index in [-0.39, 0.29) is 40.7 Å². The van der Waals surface area contributed by atoms with Crippen molar-refractivity contribution in [1.82, 2.24) is 0 Å². The summed E-state index contributed by atoms with van der Waals surface area (Å²) in [6, 6.07) is 0. The Kier molecular flexibility index (Phi) is 3.39. The first-order valence-corrected chi connectivity index (χ1v) is 9.40. The van der Waals surface area contributed by atoms with Crippen LogP contribution in [0.15, 0.2) is 11.6 Å². The number of hydrogen-bond donors (Lipinski definition) is 2. The summed E-state index contributed by atoms with van der Waals surface area (Å²) < 4.78 is 0. The van der Waals surface area contributed by atoms with Gasteiger partial charge in [0.15, 0.2) is 5.78 Å². The van der Waals surface area contributed by atoms with Crippen LogP contribution in [0.5, 0.6) is 0 Å². The van der Waals surface area contributed by atoms with Crippen LogP contribution in [-0.2, 0) is 4.79 Å². The Morgan fingerprint density at radius 3 is 2.61 bits per heavy atom. The monoisotopic (exact) mass is 318 g/mol. The van der Waals surface area contributed by atoms with Crippen LogP contribution in [0, 0.1) is 34.5 Å². The van der Waals surface area contributed by atoms with Crippen molar-refractivity contribution in [3.05, 3.63) is 11.6 Å². The molecule has 0 aromatic carbocycles. The van der Waals surface area contributed by atoms with Crippen LogP contribution in [0.1, 0.15) is 59.3 Å². The van der Waals surface area contributed by atoms with E-state index in [4.69, 9.17) is 0 Å². The van der Waals surface area contributed by atoms with Gasteiger partial charge in [0, 0.05) is 11.8 Å². The first-order valence-electron chi connectivity index (χ1n) is 9.40. The minimum Gasteiger partial charge on any atom is -0.393 e. The van der Waals surface area contributed by atoms with Crippen molar-refractivity contribution >= 4 is 5.78 Å². The third-order valence-corrected chi connectivity index (χ3v) is 8.55. The lowest BCUT2D eigenvalue weighted by Crippen LogP contribution is -2.61. The zero-order chi connectivity index (χ0) is 16.6. The molecule has 0 aliphatic heterocycles. The van der Waals surface area contributed by atoms with Gasteiger partial charge >= 0.3 is 0 Å². The number of carbonyl (C=O) groups excluding carboxylic acids is 1. The zero-order valence-corrected chi connectivity index (χ0v) is 14.6. The lowest BCUT2D eigenvalue weighted by molar-refractivity contribution is -0.176. The van der Waals surface area contributed by atoms with Gasteiger partial charge in [-0.05, 0) is 67.3 Å². The number of fused-ring (bicyclic) bond motifs is 5. The van der Waals surface area contributed by atoms with Gasteiger partial charge in [-0.2, -0.15) is 0 Å². The Morgan fingerprint density at radius 2 is 1.87 bits per heavy atom. The highest BCUT2D eigenvalue weighted by Gasteiger charge is 2.64. The van der Waals surface area contributed by atoms with Gasteiger partial charge in [0.25, 0.3) is 0 Å². The average molecular weight is 318 g/mol. The molecule has 0 unspecified atom stereocenters. The van der Waals surface area contributed by atoms with E-state index in [0.29, 0.717) is 18.3 Å². The number of rotatable bonds is 0. The molecule has 0 aromatic heterocycles. The fraction of sp³-hybridized carbons (Fsp3) is 0.850. The fourth-order valence-corrected chi connectivity index (χ4v) is 6.97. The average Bonchev–Trinajstić information content (AvgIpc) is 2.82. The van der Waals surface area contributed by atoms with Gasteiger partial charge in [0.05, 0.1) is 12.2 Å². The molecule has 3 heteroatoms. The molecule has 0 aromatic rings. The highest BCUT2D eigenvalue weighted by Crippen LogP contribution is 2.66. The van der Waals surface area contributed by atoms with E-state index in [1.54, 1.807) is 0 Å². The summed E-state index contributed by atoms with van der Waals surface area (Å²) in [5.74, 6) is 1.61. The van der Waals surface area contributed by atoms with E-state index in [2.05, 4.69) is 20.8 Å². The Morgan fingerprint density at radius 1 is 1.13 bits per heavy atom. The summed E-state index contributed by atoms with van der Waals surface area (Å²) in [4.78, 5) is 11.9. The SMILES string of the molecule is C[C@H]1[C@H](O)[C@H]2[C@@H](CCC3=CC(=O)CC[C@@]32C)[C@@H]2CC[C@@H](O)[C@@]12C. The number of allylic oxidation sites excluding steroid dienone is 1. The Balaban J connectivity index is 1.78. The summed E-state index contributed by atoms with van der Waals surface area (Å²) in [6.45, 7) is 6.63. The molecule has 3 saturated carbocycles. The van der Waals surface area contributed by atoms with Gasteiger partial charge < -0.3 is 10.2 Å². The molecule has 0 saturated heterocycles. The van der Waals surface area contributed by atoms with Crippen molar-refractivity contribution in [1.29, 1.82) is 0 Å². The van der Waals surface area contributed by atoms with Gasteiger partial charge in [-0.1, -0.05) is 26.3 Å². The molecular formula is C20H30O3. The van der Waals surface area contributed by atoms with Crippen LogP contribution < -0.4 is 0 Å². The van der Waals surface area contributed by atoms with Crippen molar-refractivity contribution < 1.29 is 15.0 Å². The minimum atomic E-state index is -0.379. The van der Waals surface area contributed by atoms with Crippen molar-refractivity contribution in [3.8, 4) is 0 Å². The van der Waals surface area contributed by atoms with Crippen LogP contribution in [0.3, 0.4) is 0 Å². The molecule has 4 rings (SSSR count). The van der Waals surface area contributed by atoms with Crippen LogP contribution >= 0.6 is 0 Å². The molecule has 23 heavy (non-hydrogen) atoms. The number of ketones is 1.